The van der Waals surface area contributed by atoms with E-state index in [2.05, 4.69) is 11.9 Å². The van der Waals surface area contributed by atoms with Gasteiger partial charge in [0.25, 0.3) is 0 Å². The number of aryl methyl sites for hydroxylation is 1. The molecule has 1 aliphatic rings. The normalized spacial score (nSPS) is 22.2. The number of anilines is 1. The summed E-state index contributed by atoms with van der Waals surface area (Å²) >= 11 is 0. The molecule has 0 atom stereocenters. The lowest BCUT2D eigenvalue weighted by Crippen LogP contribution is -2.45. The van der Waals surface area contributed by atoms with Crippen molar-refractivity contribution >= 4 is 11.9 Å². The molecule has 0 bridgehead atoms. The molecule has 0 aromatic carbocycles. The molecule has 1 saturated carbocycles. The Hall–Kier alpha value is -1.58. The maximum absolute atomic E-state index is 12.7. The Kier molecular flexibility index (Phi) is 5.09. The highest BCUT2D eigenvalue weighted by Crippen LogP contribution is 2.31. The first-order valence-corrected chi connectivity index (χ1v) is 8.21. The van der Waals surface area contributed by atoms with Crippen molar-refractivity contribution in [3.8, 4) is 0 Å². The zero-order valence-electron chi connectivity index (χ0n) is 14.4. The Morgan fingerprint density at radius 3 is 2.45 bits per heavy atom. The predicted octanol–water partition coefficient (Wildman–Crippen LogP) is 4.71. The molecule has 22 heavy (non-hydrogen) atoms. The van der Waals surface area contributed by atoms with E-state index in [0.29, 0.717) is 5.82 Å². The number of carbonyl (C=O) groups is 1. The smallest absolute Gasteiger partial charge is 0.416 e. The molecule has 1 aromatic heterocycles. The first-order valence-electron chi connectivity index (χ1n) is 8.21. The van der Waals surface area contributed by atoms with Gasteiger partial charge in [-0.15, -0.1) is 0 Å². The average Bonchev–Trinajstić information content (AvgIpc) is 2.39. The van der Waals surface area contributed by atoms with Gasteiger partial charge in [0, 0.05) is 12.2 Å². The van der Waals surface area contributed by atoms with Crippen molar-refractivity contribution in [2.24, 2.45) is 5.92 Å². The van der Waals surface area contributed by atoms with E-state index >= 15 is 0 Å². The van der Waals surface area contributed by atoms with Gasteiger partial charge in [-0.1, -0.05) is 6.92 Å². The number of pyridine rings is 1. The van der Waals surface area contributed by atoms with E-state index in [0.717, 1.165) is 37.2 Å². The van der Waals surface area contributed by atoms with E-state index in [4.69, 9.17) is 4.74 Å². The monoisotopic (exact) mass is 304 g/mol. The molecule has 0 spiro atoms. The third-order valence-corrected chi connectivity index (χ3v) is 4.09. The number of hydrogen-bond acceptors (Lipinski definition) is 3. The SMILES string of the molecule is Cc1ccnc(N(C(=O)OC(C)(C)C)C2CCC(C)CC2)c1. The van der Waals surface area contributed by atoms with Crippen molar-refractivity contribution in [3.63, 3.8) is 0 Å². The highest BCUT2D eigenvalue weighted by molar-refractivity contribution is 5.87. The quantitative estimate of drug-likeness (QED) is 0.794. The summed E-state index contributed by atoms with van der Waals surface area (Å²) in [6.45, 7) is 9.99. The van der Waals surface area contributed by atoms with Crippen molar-refractivity contribution in [2.75, 3.05) is 4.90 Å². The van der Waals surface area contributed by atoms with Gasteiger partial charge in [0.05, 0.1) is 0 Å². The minimum Gasteiger partial charge on any atom is -0.443 e. The molecule has 1 amide bonds. The summed E-state index contributed by atoms with van der Waals surface area (Å²) in [6.07, 6.45) is 5.79. The number of hydrogen-bond donors (Lipinski definition) is 0. The summed E-state index contributed by atoms with van der Waals surface area (Å²) in [4.78, 5) is 18.9. The first-order chi connectivity index (χ1) is 10.3. The topological polar surface area (TPSA) is 42.4 Å². The highest BCUT2D eigenvalue weighted by Gasteiger charge is 2.32. The first kappa shape index (κ1) is 16.8. The molecule has 0 saturated heterocycles. The third-order valence-electron chi connectivity index (χ3n) is 4.09. The zero-order valence-corrected chi connectivity index (χ0v) is 14.4. The lowest BCUT2D eigenvalue weighted by atomic mass is 9.86. The van der Waals surface area contributed by atoms with E-state index in [9.17, 15) is 4.79 Å². The van der Waals surface area contributed by atoms with Crippen LogP contribution >= 0.6 is 0 Å². The Morgan fingerprint density at radius 2 is 1.91 bits per heavy atom. The molecule has 0 unspecified atom stereocenters. The minimum absolute atomic E-state index is 0.181. The van der Waals surface area contributed by atoms with Crippen LogP contribution in [0.1, 0.15) is 58.9 Å². The van der Waals surface area contributed by atoms with Gasteiger partial charge in [0.15, 0.2) is 0 Å². The predicted molar refractivity (Wildman–Crippen MR) is 89.1 cm³/mol. The second-order valence-corrected chi connectivity index (χ2v) is 7.46. The molecule has 1 aromatic rings. The van der Waals surface area contributed by atoms with Crippen molar-refractivity contribution in [1.29, 1.82) is 0 Å². The van der Waals surface area contributed by atoms with E-state index < -0.39 is 5.60 Å². The van der Waals surface area contributed by atoms with Crippen molar-refractivity contribution in [1.82, 2.24) is 4.98 Å². The Labute approximate surface area is 133 Å². The van der Waals surface area contributed by atoms with E-state index in [1.54, 1.807) is 11.1 Å². The van der Waals surface area contributed by atoms with E-state index in [1.807, 2.05) is 39.8 Å². The third kappa shape index (κ3) is 4.46. The lowest BCUT2D eigenvalue weighted by Gasteiger charge is -2.36. The molecular weight excluding hydrogens is 276 g/mol. The van der Waals surface area contributed by atoms with Crippen molar-refractivity contribution in [2.45, 2.75) is 71.9 Å². The van der Waals surface area contributed by atoms with Crippen LogP contribution in [0.4, 0.5) is 10.6 Å². The van der Waals surface area contributed by atoms with Gasteiger partial charge in [-0.05, 0) is 77.0 Å². The molecule has 122 valence electrons. The number of aromatic nitrogens is 1. The summed E-state index contributed by atoms with van der Waals surface area (Å²) in [5.41, 5.74) is 0.601. The second-order valence-electron chi connectivity index (χ2n) is 7.46. The van der Waals surface area contributed by atoms with Crippen LogP contribution in [0.2, 0.25) is 0 Å². The fourth-order valence-electron chi connectivity index (χ4n) is 2.89. The Morgan fingerprint density at radius 1 is 1.27 bits per heavy atom. The Bertz CT molecular complexity index is 514. The number of ether oxygens (including phenoxy) is 1. The van der Waals surface area contributed by atoms with Crippen LogP contribution < -0.4 is 4.90 Å². The van der Waals surface area contributed by atoms with Crippen molar-refractivity contribution in [3.05, 3.63) is 23.9 Å². The second kappa shape index (κ2) is 6.67. The fraction of sp³-hybridized carbons (Fsp3) is 0.667. The maximum Gasteiger partial charge on any atom is 0.416 e. The molecule has 1 fully saturated rings. The molecule has 4 nitrogen and oxygen atoms in total. The number of rotatable bonds is 2. The van der Waals surface area contributed by atoms with Crippen LogP contribution in [0.3, 0.4) is 0 Å². The molecule has 4 heteroatoms. The molecular formula is C18H28N2O2. The number of nitrogens with zero attached hydrogens (tertiary/aromatic N) is 2. The minimum atomic E-state index is -0.499. The molecule has 0 N–H and O–H groups in total. The number of amides is 1. The van der Waals surface area contributed by atoms with Crippen LogP contribution in [0, 0.1) is 12.8 Å². The van der Waals surface area contributed by atoms with Crippen LogP contribution in [-0.4, -0.2) is 22.7 Å². The van der Waals surface area contributed by atoms with Crippen LogP contribution in [-0.2, 0) is 4.74 Å². The fourth-order valence-corrected chi connectivity index (χ4v) is 2.89. The summed E-state index contributed by atoms with van der Waals surface area (Å²) in [6, 6.07) is 4.09. The Balaban J connectivity index is 2.26. The summed E-state index contributed by atoms with van der Waals surface area (Å²) in [5.74, 6) is 1.44. The van der Waals surface area contributed by atoms with Crippen LogP contribution in [0.25, 0.3) is 0 Å². The van der Waals surface area contributed by atoms with Gasteiger partial charge < -0.3 is 4.74 Å². The molecule has 0 aliphatic heterocycles. The van der Waals surface area contributed by atoms with Gasteiger partial charge >= 0.3 is 6.09 Å². The van der Waals surface area contributed by atoms with Gasteiger partial charge in [-0.3, -0.25) is 4.90 Å². The molecule has 1 aliphatic carbocycles. The summed E-state index contributed by atoms with van der Waals surface area (Å²) in [7, 11) is 0. The summed E-state index contributed by atoms with van der Waals surface area (Å²) in [5, 5.41) is 0. The van der Waals surface area contributed by atoms with Crippen LogP contribution in [0.15, 0.2) is 18.3 Å². The van der Waals surface area contributed by atoms with Gasteiger partial charge in [0.1, 0.15) is 11.4 Å². The molecule has 0 radical (unpaired) electrons. The van der Waals surface area contributed by atoms with Crippen LogP contribution in [0.5, 0.6) is 0 Å². The largest absolute Gasteiger partial charge is 0.443 e. The van der Waals surface area contributed by atoms with Gasteiger partial charge in [0.2, 0.25) is 0 Å². The average molecular weight is 304 g/mol. The standard InChI is InChI=1S/C18H28N2O2/c1-13-6-8-15(9-7-13)20(17(21)22-18(3,4)5)16-12-14(2)10-11-19-16/h10-13,15H,6-9H2,1-5H3. The maximum atomic E-state index is 12.7. The summed E-state index contributed by atoms with van der Waals surface area (Å²) < 4.78 is 5.62. The van der Waals surface area contributed by atoms with Gasteiger partial charge in [-0.25, -0.2) is 9.78 Å². The van der Waals surface area contributed by atoms with E-state index in [1.165, 1.54) is 0 Å². The molecule has 2 rings (SSSR count). The van der Waals surface area contributed by atoms with Crippen molar-refractivity contribution < 1.29 is 9.53 Å². The molecule has 1 heterocycles. The van der Waals surface area contributed by atoms with E-state index in [-0.39, 0.29) is 12.1 Å². The highest BCUT2D eigenvalue weighted by atomic mass is 16.6. The zero-order chi connectivity index (χ0) is 16.3. The number of carbonyl (C=O) groups excluding carboxylic acids is 1. The lowest BCUT2D eigenvalue weighted by molar-refractivity contribution is 0.0553. The van der Waals surface area contributed by atoms with Gasteiger partial charge in [-0.2, -0.15) is 0 Å².